The average Bonchev–Trinajstić information content (AvgIpc) is 2.21. The fourth-order valence-electron chi connectivity index (χ4n) is 2.25. The molecule has 1 heterocycles. The van der Waals surface area contributed by atoms with E-state index in [0.717, 1.165) is 32.5 Å². The highest BCUT2D eigenvalue weighted by Crippen LogP contribution is 2.09. The fourth-order valence-corrected chi connectivity index (χ4v) is 2.84. The first-order valence-corrected chi connectivity index (χ1v) is 8.60. The Kier molecular flexibility index (Phi) is 5.89. The number of hydrogen-bond acceptors (Lipinski definition) is 4. The van der Waals surface area contributed by atoms with Crippen LogP contribution in [0.4, 0.5) is 0 Å². The Bertz CT molecular complexity index is 316. The van der Waals surface area contributed by atoms with Gasteiger partial charge in [0.05, 0.1) is 5.75 Å². The van der Waals surface area contributed by atoms with E-state index in [9.17, 15) is 8.42 Å². The minimum atomic E-state index is -2.84. The van der Waals surface area contributed by atoms with Crippen LogP contribution in [-0.2, 0) is 9.84 Å². The molecule has 1 aliphatic rings. The molecule has 0 saturated carbocycles. The highest BCUT2D eigenvalue weighted by atomic mass is 32.2. The zero-order valence-corrected chi connectivity index (χ0v) is 12.1. The van der Waals surface area contributed by atoms with Crippen LogP contribution in [0.25, 0.3) is 0 Å². The van der Waals surface area contributed by atoms with Crippen LogP contribution in [-0.4, -0.2) is 57.5 Å². The number of sulfone groups is 1. The third-order valence-electron chi connectivity index (χ3n) is 3.39. The predicted octanol–water partition coefficient (Wildman–Crippen LogP) is 0.741. The molecule has 0 radical (unpaired) electrons. The summed E-state index contributed by atoms with van der Waals surface area (Å²) in [6.45, 7) is 8.14. The summed E-state index contributed by atoms with van der Waals surface area (Å²) in [5.41, 5.74) is 0. The van der Waals surface area contributed by atoms with Gasteiger partial charge in [-0.2, -0.15) is 0 Å². The first-order valence-electron chi connectivity index (χ1n) is 6.54. The van der Waals surface area contributed by atoms with Gasteiger partial charge in [0.2, 0.25) is 0 Å². The van der Waals surface area contributed by atoms with Crippen LogP contribution in [0.1, 0.15) is 26.7 Å². The lowest BCUT2D eigenvalue weighted by molar-refractivity contribution is 0.206. The summed E-state index contributed by atoms with van der Waals surface area (Å²) >= 11 is 0. The Labute approximate surface area is 106 Å². The molecular formula is C12H26N2O2S. The molecule has 0 spiro atoms. The van der Waals surface area contributed by atoms with Gasteiger partial charge in [0.1, 0.15) is 9.84 Å². The lowest BCUT2D eigenvalue weighted by Crippen LogP contribution is -2.44. The first kappa shape index (κ1) is 14.9. The maximum absolute atomic E-state index is 11.2. The van der Waals surface area contributed by atoms with Gasteiger partial charge < -0.3 is 10.2 Å². The summed E-state index contributed by atoms with van der Waals surface area (Å²) in [6, 6.07) is 0.582. The first-order chi connectivity index (χ1) is 7.90. The molecule has 0 aliphatic carbocycles. The standard InChI is InChI=1S/C12H26N2O2S/c1-4-12-5-6-14(7-8-17(3,15)16)10-11(2)9-13-12/h11-13H,4-10H2,1-3H3. The van der Waals surface area contributed by atoms with Crippen LogP contribution >= 0.6 is 0 Å². The van der Waals surface area contributed by atoms with E-state index in [4.69, 9.17) is 0 Å². The van der Waals surface area contributed by atoms with Crippen molar-refractivity contribution in [3.8, 4) is 0 Å². The predicted molar refractivity (Wildman–Crippen MR) is 72.0 cm³/mol. The molecule has 0 aromatic rings. The van der Waals surface area contributed by atoms with Crippen LogP contribution in [0, 0.1) is 5.92 Å². The zero-order valence-electron chi connectivity index (χ0n) is 11.3. The van der Waals surface area contributed by atoms with Crippen molar-refractivity contribution in [1.29, 1.82) is 0 Å². The van der Waals surface area contributed by atoms with Gasteiger partial charge in [0.25, 0.3) is 0 Å². The number of hydrogen-bond donors (Lipinski definition) is 1. The summed E-state index contributed by atoms with van der Waals surface area (Å²) in [5, 5.41) is 3.57. The molecule has 2 atom stereocenters. The molecule has 2 unspecified atom stereocenters. The summed E-state index contributed by atoms with van der Waals surface area (Å²) < 4.78 is 22.4. The van der Waals surface area contributed by atoms with E-state index in [2.05, 4.69) is 24.1 Å². The minimum Gasteiger partial charge on any atom is -0.314 e. The molecule has 4 nitrogen and oxygen atoms in total. The quantitative estimate of drug-likeness (QED) is 0.812. The van der Waals surface area contributed by atoms with Crippen molar-refractivity contribution < 1.29 is 8.42 Å². The largest absolute Gasteiger partial charge is 0.314 e. The molecule has 1 aliphatic heterocycles. The highest BCUT2D eigenvalue weighted by Gasteiger charge is 2.18. The van der Waals surface area contributed by atoms with Crippen molar-refractivity contribution in [3.05, 3.63) is 0 Å². The number of nitrogens with zero attached hydrogens (tertiary/aromatic N) is 1. The summed E-state index contributed by atoms with van der Waals surface area (Å²) in [6.07, 6.45) is 3.58. The van der Waals surface area contributed by atoms with Gasteiger partial charge in [0, 0.05) is 25.4 Å². The van der Waals surface area contributed by atoms with Crippen molar-refractivity contribution >= 4 is 9.84 Å². The monoisotopic (exact) mass is 262 g/mol. The van der Waals surface area contributed by atoms with E-state index >= 15 is 0 Å². The minimum absolute atomic E-state index is 0.282. The number of rotatable bonds is 4. The van der Waals surface area contributed by atoms with E-state index in [1.807, 2.05) is 0 Å². The van der Waals surface area contributed by atoms with E-state index in [1.54, 1.807) is 0 Å². The van der Waals surface area contributed by atoms with E-state index in [0.29, 0.717) is 18.5 Å². The average molecular weight is 262 g/mol. The Morgan fingerprint density at radius 2 is 2.12 bits per heavy atom. The Hall–Kier alpha value is -0.130. The fraction of sp³-hybridized carbons (Fsp3) is 1.00. The molecule has 0 amide bonds. The van der Waals surface area contributed by atoms with Crippen molar-refractivity contribution in [1.82, 2.24) is 10.2 Å². The maximum Gasteiger partial charge on any atom is 0.148 e. The van der Waals surface area contributed by atoms with Gasteiger partial charge in [-0.15, -0.1) is 0 Å². The highest BCUT2D eigenvalue weighted by molar-refractivity contribution is 7.90. The second-order valence-electron chi connectivity index (χ2n) is 5.34. The second kappa shape index (κ2) is 6.71. The van der Waals surface area contributed by atoms with Gasteiger partial charge in [-0.1, -0.05) is 13.8 Å². The number of nitrogens with one attached hydrogen (secondary N) is 1. The Balaban J connectivity index is 2.46. The van der Waals surface area contributed by atoms with Crippen molar-refractivity contribution in [3.63, 3.8) is 0 Å². The molecule has 1 N–H and O–H groups in total. The molecule has 5 heteroatoms. The zero-order chi connectivity index (χ0) is 12.9. The SMILES string of the molecule is CCC1CCN(CCS(C)(=O)=O)CC(C)CN1. The van der Waals surface area contributed by atoms with Crippen LogP contribution in [0.3, 0.4) is 0 Å². The third kappa shape index (κ3) is 6.38. The van der Waals surface area contributed by atoms with Crippen LogP contribution in [0.15, 0.2) is 0 Å². The summed E-state index contributed by atoms with van der Waals surface area (Å²) in [5.74, 6) is 0.869. The second-order valence-corrected chi connectivity index (χ2v) is 7.60. The lowest BCUT2D eigenvalue weighted by atomic mass is 10.0. The molecule has 1 saturated heterocycles. The van der Waals surface area contributed by atoms with Crippen LogP contribution < -0.4 is 5.32 Å². The molecule has 102 valence electrons. The van der Waals surface area contributed by atoms with Gasteiger partial charge in [0.15, 0.2) is 0 Å². The normalized spacial score (nSPS) is 28.6. The topological polar surface area (TPSA) is 49.4 Å². The van der Waals surface area contributed by atoms with Gasteiger partial charge in [-0.05, 0) is 31.8 Å². The van der Waals surface area contributed by atoms with Crippen molar-refractivity contribution in [2.45, 2.75) is 32.7 Å². The smallest absolute Gasteiger partial charge is 0.148 e. The molecule has 1 fully saturated rings. The van der Waals surface area contributed by atoms with Crippen LogP contribution in [0.5, 0.6) is 0 Å². The van der Waals surface area contributed by atoms with Gasteiger partial charge >= 0.3 is 0 Å². The molecular weight excluding hydrogens is 236 g/mol. The van der Waals surface area contributed by atoms with E-state index in [1.165, 1.54) is 6.26 Å². The molecule has 0 aromatic carbocycles. The molecule has 0 bridgehead atoms. The Morgan fingerprint density at radius 1 is 1.41 bits per heavy atom. The van der Waals surface area contributed by atoms with Gasteiger partial charge in [-0.25, -0.2) is 8.42 Å². The van der Waals surface area contributed by atoms with Gasteiger partial charge in [-0.3, -0.25) is 0 Å². The molecule has 1 rings (SSSR count). The summed E-state index contributed by atoms with van der Waals surface area (Å²) in [4.78, 5) is 2.30. The van der Waals surface area contributed by atoms with Crippen molar-refractivity contribution in [2.75, 3.05) is 38.2 Å². The molecule has 0 aromatic heterocycles. The lowest BCUT2D eigenvalue weighted by Gasteiger charge is -2.31. The van der Waals surface area contributed by atoms with Crippen LogP contribution in [0.2, 0.25) is 0 Å². The van der Waals surface area contributed by atoms with E-state index in [-0.39, 0.29) is 5.75 Å². The summed E-state index contributed by atoms with van der Waals surface area (Å²) in [7, 11) is -2.84. The third-order valence-corrected chi connectivity index (χ3v) is 4.31. The molecule has 17 heavy (non-hydrogen) atoms. The van der Waals surface area contributed by atoms with E-state index < -0.39 is 9.84 Å². The maximum atomic E-state index is 11.2. The van der Waals surface area contributed by atoms with Crippen molar-refractivity contribution in [2.24, 2.45) is 5.92 Å². The Morgan fingerprint density at radius 3 is 2.71 bits per heavy atom.